The average molecular weight is 435 g/mol. The van der Waals surface area contributed by atoms with E-state index in [0.29, 0.717) is 28.6 Å². The summed E-state index contributed by atoms with van der Waals surface area (Å²) in [6.45, 7) is 2.00. The van der Waals surface area contributed by atoms with Crippen molar-refractivity contribution in [2.75, 3.05) is 17.5 Å². The van der Waals surface area contributed by atoms with Crippen LogP contribution < -0.4 is 10.4 Å². The lowest BCUT2D eigenvalue weighted by Gasteiger charge is -2.35. The molecule has 0 saturated carbocycles. The van der Waals surface area contributed by atoms with Crippen molar-refractivity contribution < 1.29 is 19.5 Å². The number of hydrogen-bond donors (Lipinski definition) is 2. The first-order chi connectivity index (χ1) is 13.9. The molecule has 0 fully saturated rings. The average Bonchev–Trinajstić information content (AvgIpc) is 3.02. The summed E-state index contributed by atoms with van der Waals surface area (Å²) < 4.78 is 0. The Hall–Kier alpha value is -2.54. The largest absolute Gasteiger partial charge is 0.478 e. The summed E-state index contributed by atoms with van der Waals surface area (Å²) in [4.78, 5) is 27.6. The van der Waals surface area contributed by atoms with Gasteiger partial charge in [-0.25, -0.2) is 4.79 Å². The number of hydroxylamine groups is 1. The highest BCUT2D eigenvalue weighted by molar-refractivity contribution is 6.35. The van der Waals surface area contributed by atoms with Crippen LogP contribution in [-0.2, 0) is 20.0 Å². The molecule has 1 aliphatic heterocycles. The van der Waals surface area contributed by atoms with E-state index in [4.69, 9.17) is 28.0 Å². The van der Waals surface area contributed by atoms with Gasteiger partial charge >= 0.3 is 5.97 Å². The van der Waals surface area contributed by atoms with Crippen molar-refractivity contribution in [3.8, 4) is 0 Å². The number of carbonyl (C=O) groups excluding carboxylic acids is 1. The molecule has 0 aromatic heterocycles. The van der Waals surface area contributed by atoms with Crippen LogP contribution in [0.2, 0.25) is 10.0 Å². The molecule has 2 N–H and O–H groups in total. The van der Waals surface area contributed by atoms with Crippen molar-refractivity contribution in [1.29, 1.82) is 0 Å². The molecule has 0 aliphatic carbocycles. The van der Waals surface area contributed by atoms with Gasteiger partial charge in [-0.1, -0.05) is 48.3 Å². The van der Waals surface area contributed by atoms with E-state index in [1.165, 1.54) is 7.11 Å². The van der Waals surface area contributed by atoms with Crippen LogP contribution in [0, 0.1) is 0 Å². The highest BCUT2D eigenvalue weighted by Gasteiger charge is 2.46. The number of anilines is 2. The number of hydrogen-bond acceptors (Lipinski definition) is 4. The zero-order valence-corrected chi connectivity index (χ0v) is 17.4. The summed E-state index contributed by atoms with van der Waals surface area (Å²) in [5.74, 6) is -1.42. The minimum atomic E-state index is -1.05. The molecule has 2 atom stereocenters. The summed E-state index contributed by atoms with van der Waals surface area (Å²) in [6.07, 6.45) is 3.94. The quantitative estimate of drug-likeness (QED) is 0.365. The third-order valence-corrected chi connectivity index (χ3v) is 5.72. The second-order valence-corrected chi connectivity index (χ2v) is 7.48. The lowest BCUT2D eigenvalue weighted by atomic mass is 9.75. The lowest BCUT2D eigenvalue weighted by Crippen LogP contribution is -2.36. The highest BCUT2D eigenvalue weighted by atomic mass is 35.5. The van der Waals surface area contributed by atoms with Gasteiger partial charge in [0.15, 0.2) is 0 Å². The van der Waals surface area contributed by atoms with Crippen molar-refractivity contribution in [3.63, 3.8) is 0 Å². The number of nitrogens with one attached hydrogen (secondary N) is 1. The molecule has 152 valence electrons. The summed E-state index contributed by atoms with van der Waals surface area (Å²) in [5, 5.41) is 14.8. The Labute approximate surface area is 178 Å². The maximum absolute atomic E-state index is 11.3. The molecular weight excluding hydrogens is 415 g/mol. The minimum absolute atomic E-state index is 0.370. The van der Waals surface area contributed by atoms with Crippen LogP contribution in [0.5, 0.6) is 0 Å². The number of benzene rings is 2. The van der Waals surface area contributed by atoms with Gasteiger partial charge in [-0.3, -0.25) is 9.63 Å². The molecular formula is C21H20Cl2N2O4. The topological polar surface area (TPSA) is 78.9 Å². The minimum Gasteiger partial charge on any atom is -0.478 e. The van der Waals surface area contributed by atoms with Crippen molar-refractivity contribution >= 4 is 47.0 Å². The second kappa shape index (κ2) is 8.45. The van der Waals surface area contributed by atoms with Crippen LogP contribution >= 0.6 is 23.2 Å². The van der Waals surface area contributed by atoms with E-state index in [2.05, 4.69) is 5.32 Å². The zero-order valence-electron chi connectivity index (χ0n) is 15.9. The zero-order chi connectivity index (χ0) is 21.2. The smallest absolute Gasteiger partial charge is 0.327 e. The fourth-order valence-electron chi connectivity index (χ4n) is 3.90. The molecule has 2 unspecified atom stereocenters. The molecule has 0 saturated heterocycles. The van der Waals surface area contributed by atoms with Crippen LogP contribution in [0.4, 0.5) is 11.4 Å². The van der Waals surface area contributed by atoms with Crippen LogP contribution in [0.1, 0.15) is 30.4 Å². The fourth-order valence-corrected chi connectivity index (χ4v) is 4.51. The van der Waals surface area contributed by atoms with Gasteiger partial charge in [0.2, 0.25) is 6.41 Å². The Morgan fingerprint density at radius 2 is 2.10 bits per heavy atom. The van der Waals surface area contributed by atoms with Gasteiger partial charge in [0.1, 0.15) is 0 Å². The summed E-state index contributed by atoms with van der Waals surface area (Å²) in [7, 11) is 1.40. The molecule has 3 rings (SSSR count). The van der Waals surface area contributed by atoms with Gasteiger partial charge in [0, 0.05) is 33.3 Å². The first-order valence-corrected chi connectivity index (χ1v) is 9.69. The molecule has 2 aromatic carbocycles. The van der Waals surface area contributed by atoms with Gasteiger partial charge in [0.25, 0.3) is 0 Å². The van der Waals surface area contributed by atoms with Gasteiger partial charge in [-0.15, -0.1) is 0 Å². The normalized spacial score (nSPS) is 20.3. The number of nitrogens with zero attached hydrogens (tertiary/aromatic N) is 1. The van der Waals surface area contributed by atoms with E-state index >= 15 is 0 Å². The highest BCUT2D eigenvalue weighted by Crippen LogP contribution is 2.54. The molecule has 1 aliphatic rings. The Morgan fingerprint density at radius 1 is 1.34 bits per heavy atom. The maximum atomic E-state index is 11.3. The molecule has 2 aromatic rings. The predicted octanol–water partition coefficient (Wildman–Crippen LogP) is 4.97. The molecule has 0 radical (unpaired) electrons. The van der Waals surface area contributed by atoms with Gasteiger partial charge in [-0.05, 0) is 36.2 Å². The van der Waals surface area contributed by atoms with E-state index in [0.717, 1.165) is 28.0 Å². The second-order valence-electron chi connectivity index (χ2n) is 6.64. The molecule has 8 heteroatoms. The summed E-state index contributed by atoms with van der Waals surface area (Å²) >= 11 is 12.7. The summed E-state index contributed by atoms with van der Waals surface area (Å²) in [5.41, 5.74) is 2.23. The van der Waals surface area contributed by atoms with Gasteiger partial charge < -0.3 is 10.4 Å². The number of rotatable bonds is 7. The number of carboxylic acid groups (broad SMARTS) is 1. The van der Waals surface area contributed by atoms with E-state index in [9.17, 15) is 14.7 Å². The Morgan fingerprint density at radius 3 is 2.72 bits per heavy atom. The monoisotopic (exact) mass is 434 g/mol. The van der Waals surface area contributed by atoms with E-state index < -0.39 is 11.5 Å². The number of carboxylic acids is 1. The van der Waals surface area contributed by atoms with Crippen molar-refractivity contribution in [3.05, 3.63) is 69.7 Å². The standard InChI is InChI=1S/C21H20Cl2N2O4/c1-3-21(13-5-4-6-15(9-13)25(12-26)29-2)16(7-8-19(27)28)20-17(23)10-14(22)11-18(20)24-21/h4-12,16,24H,3H2,1-2H3,(H,27,28). The van der Waals surface area contributed by atoms with Crippen molar-refractivity contribution in [1.82, 2.24) is 0 Å². The van der Waals surface area contributed by atoms with E-state index in [-0.39, 0.29) is 5.92 Å². The number of carbonyl (C=O) groups is 2. The molecule has 1 heterocycles. The molecule has 1 amide bonds. The van der Waals surface area contributed by atoms with Gasteiger partial charge in [-0.2, -0.15) is 5.06 Å². The lowest BCUT2D eigenvalue weighted by molar-refractivity contribution is -0.131. The number of aliphatic carboxylic acids is 1. The molecule has 0 spiro atoms. The number of amides is 1. The van der Waals surface area contributed by atoms with Crippen LogP contribution in [0.3, 0.4) is 0 Å². The first kappa shape index (κ1) is 21.2. The first-order valence-electron chi connectivity index (χ1n) is 8.93. The van der Waals surface area contributed by atoms with E-state index in [1.54, 1.807) is 24.3 Å². The Balaban J connectivity index is 2.21. The number of halogens is 2. The van der Waals surface area contributed by atoms with Crippen LogP contribution in [-0.4, -0.2) is 24.6 Å². The van der Waals surface area contributed by atoms with Crippen LogP contribution in [0.15, 0.2) is 48.6 Å². The van der Waals surface area contributed by atoms with Gasteiger partial charge in [0.05, 0.1) is 18.3 Å². The molecule has 0 bridgehead atoms. The maximum Gasteiger partial charge on any atom is 0.327 e. The van der Waals surface area contributed by atoms with Crippen LogP contribution in [0.25, 0.3) is 0 Å². The summed E-state index contributed by atoms with van der Waals surface area (Å²) in [6, 6.07) is 10.7. The van der Waals surface area contributed by atoms with Crippen molar-refractivity contribution in [2.24, 2.45) is 0 Å². The number of fused-ring (bicyclic) bond motifs is 1. The Kier molecular flexibility index (Phi) is 6.17. The predicted molar refractivity (Wildman–Crippen MR) is 114 cm³/mol. The SMILES string of the molecule is CCC1(c2cccc(N(C=O)OC)c2)Nc2cc(Cl)cc(Cl)c2C1C=CC(=O)O. The molecule has 6 nitrogen and oxygen atoms in total. The van der Waals surface area contributed by atoms with E-state index in [1.807, 2.05) is 25.1 Å². The fraction of sp³-hybridized carbons (Fsp3) is 0.238. The Bertz CT molecular complexity index is 979. The molecule has 29 heavy (non-hydrogen) atoms. The third-order valence-electron chi connectivity index (χ3n) is 5.19. The van der Waals surface area contributed by atoms with Crippen molar-refractivity contribution in [2.45, 2.75) is 24.8 Å². The third kappa shape index (κ3) is 3.83.